The molecule has 136 valence electrons. The van der Waals surface area contributed by atoms with E-state index in [1.807, 2.05) is 25.1 Å². The molecule has 1 aliphatic rings. The van der Waals surface area contributed by atoms with Crippen molar-refractivity contribution in [3.63, 3.8) is 0 Å². The van der Waals surface area contributed by atoms with Gasteiger partial charge in [0.2, 0.25) is 5.91 Å². The van der Waals surface area contributed by atoms with Crippen LogP contribution in [0.5, 0.6) is 0 Å². The van der Waals surface area contributed by atoms with Gasteiger partial charge in [0.05, 0.1) is 0 Å². The monoisotopic (exact) mass is 361 g/mol. The highest BCUT2D eigenvalue weighted by Crippen LogP contribution is 2.34. The molecule has 3 rings (SSSR count). The van der Waals surface area contributed by atoms with Gasteiger partial charge in [-0.2, -0.15) is 0 Å². The molecule has 1 aliphatic heterocycles. The van der Waals surface area contributed by atoms with E-state index < -0.39 is 0 Å². The van der Waals surface area contributed by atoms with Gasteiger partial charge in [0.25, 0.3) is 0 Å². The van der Waals surface area contributed by atoms with Gasteiger partial charge < -0.3 is 14.8 Å². The molecule has 0 saturated carbocycles. The Morgan fingerprint density at radius 3 is 2.80 bits per heavy atom. The Hall–Kier alpha value is -1.52. The van der Waals surface area contributed by atoms with Crippen LogP contribution in [-0.4, -0.2) is 35.5 Å². The summed E-state index contributed by atoms with van der Waals surface area (Å²) >= 11 is 6.24. The van der Waals surface area contributed by atoms with E-state index in [4.69, 9.17) is 11.6 Å². The Bertz CT molecular complexity index is 781. The minimum absolute atomic E-state index is 0.0866. The highest BCUT2D eigenvalue weighted by atomic mass is 35.5. The number of carbonyl (C=O) groups excluding carboxylic acids is 1. The van der Waals surface area contributed by atoms with Crippen LogP contribution in [0.4, 0.5) is 0 Å². The molecule has 0 radical (unpaired) electrons. The molecule has 1 amide bonds. The van der Waals surface area contributed by atoms with Crippen LogP contribution < -0.4 is 5.32 Å². The highest BCUT2D eigenvalue weighted by Gasteiger charge is 2.27. The Labute approximate surface area is 155 Å². The van der Waals surface area contributed by atoms with Crippen LogP contribution in [-0.2, 0) is 17.8 Å². The molecule has 1 N–H and O–H groups in total. The van der Waals surface area contributed by atoms with Gasteiger partial charge in [0, 0.05) is 41.3 Å². The molecule has 0 aliphatic carbocycles. The molecule has 25 heavy (non-hydrogen) atoms. The first-order valence-corrected chi connectivity index (χ1v) is 9.53. The molecule has 0 saturated heterocycles. The standard InChI is InChI=1S/C20H28ClN3O/c1-13(2)7-9-22-20(25)14(3)24-18-6-5-15(21)11-17(18)16-8-10-23(4)12-19(16)24/h5-6,11,13-14H,7-10,12H2,1-4H3,(H,22,25). The molecule has 1 aromatic heterocycles. The molecule has 4 nitrogen and oxygen atoms in total. The summed E-state index contributed by atoms with van der Waals surface area (Å²) in [5, 5.41) is 5.04. The SMILES string of the molecule is CC(C)CCNC(=O)C(C)n1c2c(c3cc(Cl)ccc31)CCN(C)C2. The van der Waals surface area contributed by atoms with E-state index in [0.29, 0.717) is 5.92 Å². The summed E-state index contributed by atoms with van der Waals surface area (Å²) in [6, 6.07) is 5.78. The van der Waals surface area contributed by atoms with Crippen LogP contribution in [0, 0.1) is 5.92 Å². The summed E-state index contributed by atoms with van der Waals surface area (Å²) in [5.41, 5.74) is 3.70. The molecule has 1 aromatic carbocycles. The third kappa shape index (κ3) is 3.70. The van der Waals surface area contributed by atoms with Gasteiger partial charge in [0.1, 0.15) is 6.04 Å². The first-order valence-electron chi connectivity index (χ1n) is 9.16. The van der Waals surface area contributed by atoms with Crippen molar-refractivity contribution in [2.24, 2.45) is 5.92 Å². The van der Waals surface area contributed by atoms with Gasteiger partial charge in [-0.1, -0.05) is 25.4 Å². The number of nitrogens with zero attached hydrogens (tertiary/aromatic N) is 2. The van der Waals surface area contributed by atoms with Crippen molar-refractivity contribution in [1.82, 2.24) is 14.8 Å². The van der Waals surface area contributed by atoms with Gasteiger partial charge in [-0.05, 0) is 56.5 Å². The maximum absolute atomic E-state index is 12.7. The Morgan fingerprint density at radius 1 is 1.32 bits per heavy atom. The van der Waals surface area contributed by atoms with Gasteiger partial charge in [-0.15, -0.1) is 0 Å². The van der Waals surface area contributed by atoms with E-state index in [2.05, 4.69) is 35.7 Å². The van der Waals surface area contributed by atoms with Crippen LogP contribution in [0.2, 0.25) is 5.02 Å². The highest BCUT2D eigenvalue weighted by molar-refractivity contribution is 6.31. The third-order valence-corrected chi connectivity index (χ3v) is 5.37. The smallest absolute Gasteiger partial charge is 0.242 e. The van der Waals surface area contributed by atoms with Gasteiger partial charge in [0.15, 0.2) is 0 Å². The largest absolute Gasteiger partial charge is 0.354 e. The quantitative estimate of drug-likeness (QED) is 0.873. The summed E-state index contributed by atoms with van der Waals surface area (Å²) in [5.74, 6) is 0.676. The van der Waals surface area contributed by atoms with Crippen molar-refractivity contribution in [3.05, 3.63) is 34.5 Å². The lowest BCUT2D eigenvalue weighted by Crippen LogP contribution is -2.34. The number of carbonyl (C=O) groups is 1. The zero-order valence-electron chi connectivity index (χ0n) is 15.6. The van der Waals surface area contributed by atoms with E-state index in [1.165, 1.54) is 16.6 Å². The summed E-state index contributed by atoms with van der Waals surface area (Å²) in [6.07, 6.45) is 2.00. The first-order chi connectivity index (χ1) is 11.9. The van der Waals surface area contributed by atoms with E-state index in [1.54, 1.807) is 0 Å². The molecule has 1 atom stereocenters. The van der Waals surface area contributed by atoms with Crippen LogP contribution in [0.1, 0.15) is 44.5 Å². The van der Waals surface area contributed by atoms with Crippen LogP contribution in [0.3, 0.4) is 0 Å². The zero-order valence-corrected chi connectivity index (χ0v) is 16.4. The second kappa shape index (κ2) is 7.38. The molecular weight excluding hydrogens is 334 g/mol. The van der Waals surface area contributed by atoms with Crippen molar-refractivity contribution in [2.45, 2.75) is 46.2 Å². The number of fused-ring (bicyclic) bond motifs is 3. The van der Waals surface area contributed by atoms with Crippen molar-refractivity contribution >= 4 is 28.4 Å². The van der Waals surface area contributed by atoms with Gasteiger partial charge in [-0.25, -0.2) is 0 Å². The summed E-state index contributed by atoms with van der Waals surface area (Å²) < 4.78 is 2.21. The van der Waals surface area contributed by atoms with E-state index in [-0.39, 0.29) is 11.9 Å². The fourth-order valence-electron chi connectivity index (χ4n) is 3.69. The minimum atomic E-state index is -0.230. The van der Waals surface area contributed by atoms with Gasteiger partial charge >= 0.3 is 0 Å². The topological polar surface area (TPSA) is 37.3 Å². The number of rotatable bonds is 5. The lowest BCUT2D eigenvalue weighted by atomic mass is 10.0. The fourth-order valence-corrected chi connectivity index (χ4v) is 3.86. The molecular formula is C20H28ClN3O. The average molecular weight is 362 g/mol. The number of hydrogen-bond donors (Lipinski definition) is 1. The van der Waals surface area contributed by atoms with Crippen LogP contribution in [0.25, 0.3) is 10.9 Å². The molecule has 2 heterocycles. The normalized spacial score (nSPS) is 16.2. The van der Waals surface area contributed by atoms with Crippen LogP contribution in [0.15, 0.2) is 18.2 Å². The molecule has 1 unspecified atom stereocenters. The number of hydrogen-bond acceptors (Lipinski definition) is 2. The molecule has 0 spiro atoms. The minimum Gasteiger partial charge on any atom is -0.354 e. The van der Waals surface area contributed by atoms with E-state index in [9.17, 15) is 4.79 Å². The second-order valence-electron chi connectivity index (χ2n) is 7.59. The van der Waals surface area contributed by atoms with Gasteiger partial charge in [-0.3, -0.25) is 4.79 Å². The fraction of sp³-hybridized carbons (Fsp3) is 0.550. The second-order valence-corrected chi connectivity index (χ2v) is 8.03. The number of nitrogens with one attached hydrogen (secondary N) is 1. The van der Waals surface area contributed by atoms with E-state index >= 15 is 0 Å². The van der Waals surface area contributed by atoms with Crippen LogP contribution >= 0.6 is 11.6 Å². The third-order valence-electron chi connectivity index (χ3n) is 5.13. The zero-order chi connectivity index (χ0) is 18.1. The molecule has 2 aromatic rings. The predicted molar refractivity (Wildman–Crippen MR) is 104 cm³/mol. The number of amides is 1. The number of likely N-dealkylation sites (N-methyl/N-ethyl adjacent to an activating group) is 1. The Morgan fingerprint density at radius 2 is 2.08 bits per heavy atom. The molecule has 5 heteroatoms. The lowest BCUT2D eigenvalue weighted by molar-refractivity contribution is -0.123. The van der Waals surface area contributed by atoms with Crippen molar-refractivity contribution < 1.29 is 4.79 Å². The lowest BCUT2D eigenvalue weighted by Gasteiger charge is -2.26. The number of aromatic nitrogens is 1. The predicted octanol–water partition coefficient (Wildman–Crippen LogP) is 4.01. The molecule has 0 bridgehead atoms. The Balaban J connectivity index is 1.97. The number of halogens is 1. The summed E-state index contributed by atoms with van der Waals surface area (Å²) in [7, 11) is 2.13. The Kier molecular flexibility index (Phi) is 5.40. The summed E-state index contributed by atoms with van der Waals surface area (Å²) in [6.45, 7) is 8.97. The summed E-state index contributed by atoms with van der Waals surface area (Å²) in [4.78, 5) is 15.0. The van der Waals surface area contributed by atoms with Crippen molar-refractivity contribution in [1.29, 1.82) is 0 Å². The maximum atomic E-state index is 12.7. The molecule has 0 fully saturated rings. The van der Waals surface area contributed by atoms with E-state index in [0.717, 1.165) is 43.0 Å². The average Bonchev–Trinajstić information content (AvgIpc) is 2.86. The van der Waals surface area contributed by atoms with Crippen molar-refractivity contribution in [2.75, 3.05) is 20.1 Å². The maximum Gasteiger partial charge on any atom is 0.242 e. The van der Waals surface area contributed by atoms with Crippen molar-refractivity contribution in [3.8, 4) is 0 Å². The first kappa shape index (κ1) is 18.3. The number of benzene rings is 1.